The molecule has 0 aliphatic carbocycles. The summed E-state index contributed by atoms with van der Waals surface area (Å²) in [4.78, 5) is 10.6. The first-order valence-electron chi connectivity index (χ1n) is 6.21. The van der Waals surface area contributed by atoms with E-state index in [-0.39, 0.29) is 11.5 Å². The number of nitrogens with one attached hydrogen (secondary N) is 1. The third-order valence-corrected chi connectivity index (χ3v) is 3.12. The van der Waals surface area contributed by atoms with Gasteiger partial charge in [0.25, 0.3) is 5.69 Å². The Kier molecular flexibility index (Phi) is 3.98. The molecule has 0 amide bonds. The third-order valence-electron chi connectivity index (χ3n) is 3.12. The minimum absolute atomic E-state index is 0.0461. The monoisotopic (exact) mass is 274 g/mol. The van der Waals surface area contributed by atoms with Crippen molar-refractivity contribution in [3.8, 4) is 0 Å². The molecule has 5 heteroatoms. The van der Waals surface area contributed by atoms with Crippen molar-refractivity contribution in [2.45, 2.75) is 20.4 Å². The molecule has 0 heterocycles. The standard InChI is InChI=1S/C15H15FN2O2/c1-10-3-6-14(15(7-10)18(19)20)17-9-12-4-5-13(16)8-11(12)2/h3-8,17H,9H2,1-2H3. The highest BCUT2D eigenvalue weighted by Crippen LogP contribution is 2.26. The lowest BCUT2D eigenvalue weighted by molar-refractivity contribution is -0.384. The normalized spacial score (nSPS) is 10.3. The van der Waals surface area contributed by atoms with Crippen LogP contribution in [0, 0.1) is 29.8 Å². The molecule has 2 aromatic rings. The fourth-order valence-corrected chi connectivity index (χ4v) is 1.99. The van der Waals surface area contributed by atoms with E-state index < -0.39 is 4.92 Å². The zero-order chi connectivity index (χ0) is 14.7. The van der Waals surface area contributed by atoms with Gasteiger partial charge in [0.2, 0.25) is 0 Å². The maximum atomic E-state index is 13.0. The Balaban J connectivity index is 2.20. The van der Waals surface area contributed by atoms with Gasteiger partial charge in [-0.3, -0.25) is 10.1 Å². The maximum absolute atomic E-state index is 13.0. The van der Waals surface area contributed by atoms with Gasteiger partial charge >= 0.3 is 0 Å². The molecule has 0 fully saturated rings. The Hall–Kier alpha value is -2.43. The average molecular weight is 274 g/mol. The molecule has 20 heavy (non-hydrogen) atoms. The van der Waals surface area contributed by atoms with Gasteiger partial charge in [-0.15, -0.1) is 0 Å². The topological polar surface area (TPSA) is 55.2 Å². The van der Waals surface area contributed by atoms with E-state index in [9.17, 15) is 14.5 Å². The van der Waals surface area contributed by atoms with Gasteiger partial charge in [0, 0.05) is 12.6 Å². The van der Waals surface area contributed by atoms with E-state index in [0.29, 0.717) is 12.2 Å². The molecule has 104 valence electrons. The van der Waals surface area contributed by atoms with Crippen molar-refractivity contribution < 1.29 is 9.31 Å². The smallest absolute Gasteiger partial charge is 0.292 e. The summed E-state index contributed by atoms with van der Waals surface area (Å²) in [6, 6.07) is 9.53. The highest BCUT2D eigenvalue weighted by molar-refractivity contribution is 5.62. The first-order valence-corrected chi connectivity index (χ1v) is 6.21. The van der Waals surface area contributed by atoms with Gasteiger partial charge in [0.05, 0.1) is 4.92 Å². The number of nitrogens with zero attached hydrogens (tertiary/aromatic N) is 1. The fourth-order valence-electron chi connectivity index (χ4n) is 1.99. The van der Waals surface area contributed by atoms with Crippen molar-refractivity contribution >= 4 is 11.4 Å². The van der Waals surface area contributed by atoms with Gasteiger partial charge in [0.1, 0.15) is 11.5 Å². The van der Waals surface area contributed by atoms with Crippen molar-refractivity contribution in [3.63, 3.8) is 0 Å². The van der Waals surface area contributed by atoms with Crippen LogP contribution in [0.25, 0.3) is 0 Å². The number of nitro benzene ring substituents is 1. The molecule has 0 saturated heterocycles. The second-order valence-corrected chi connectivity index (χ2v) is 4.70. The molecule has 1 N–H and O–H groups in total. The van der Waals surface area contributed by atoms with E-state index >= 15 is 0 Å². The molecule has 0 spiro atoms. The number of anilines is 1. The SMILES string of the molecule is Cc1ccc(NCc2ccc(F)cc2C)c([N+](=O)[O-])c1. The minimum atomic E-state index is -0.410. The predicted molar refractivity (Wildman–Crippen MR) is 76.3 cm³/mol. The largest absolute Gasteiger partial charge is 0.375 e. The number of hydrogen-bond acceptors (Lipinski definition) is 3. The van der Waals surface area contributed by atoms with Crippen molar-refractivity contribution in [3.05, 3.63) is 69.0 Å². The third kappa shape index (κ3) is 3.12. The Morgan fingerprint density at radius 3 is 2.60 bits per heavy atom. The zero-order valence-electron chi connectivity index (χ0n) is 11.3. The van der Waals surface area contributed by atoms with Crippen LogP contribution >= 0.6 is 0 Å². The zero-order valence-corrected chi connectivity index (χ0v) is 11.3. The summed E-state index contributed by atoms with van der Waals surface area (Å²) in [5.41, 5.74) is 3.06. The van der Waals surface area contributed by atoms with Gasteiger partial charge in [-0.1, -0.05) is 12.1 Å². The summed E-state index contributed by atoms with van der Waals surface area (Å²) in [6.45, 7) is 4.03. The second-order valence-electron chi connectivity index (χ2n) is 4.70. The first kappa shape index (κ1) is 14.0. The molecule has 0 aliphatic heterocycles. The molecular weight excluding hydrogens is 259 g/mol. The fraction of sp³-hybridized carbons (Fsp3) is 0.200. The van der Waals surface area contributed by atoms with Crippen LogP contribution in [0.2, 0.25) is 0 Å². The summed E-state index contributed by atoms with van der Waals surface area (Å²) in [6.07, 6.45) is 0. The van der Waals surface area contributed by atoms with Crippen LogP contribution in [0.5, 0.6) is 0 Å². The summed E-state index contributed by atoms with van der Waals surface area (Å²) in [7, 11) is 0. The van der Waals surface area contributed by atoms with Gasteiger partial charge in [-0.25, -0.2) is 4.39 Å². The quantitative estimate of drug-likeness (QED) is 0.678. The van der Waals surface area contributed by atoms with Crippen LogP contribution in [0.15, 0.2) is 36.4 Å². The van der Waals surface area contributed by atoms with E-state index in [4.69, 9.17) is 0 Å². The van der Waals surface area contributed by atoms with Crippen LogP contribution in [0.4, 0.5) is 15.8 Å². The number of hydrogen-bond donors (Lipinski definition) is 1. The number of halogens is 1. The van der Waals surface area contributed by atoms with Crippen LogP contribution in [0.1, 0.15) is 16.7 Å². The minimum Gasteiger partial charge on any atom is -0.375 e. The molecule has 2 rings (SSSR count). The van der Waals surface area contributed by atoms with Gasteiger partial charge in [-0.05, 0) is 48.7 Å². The number of nitro groups is 1. The van der Waals surface area contributed by atoms with Crippen molar-refractivity contribution in [2.24, 2.45) is 0 Å². The average Bonchev–Trinajstić information content (AvgIpc) is 2.38. The molecule has 0 aliphatic rings. The molecule has 0 saturated carbocycles. The molecule has 0 bridgehead atoms. The number of rotatable bonds is 4. The van der Waals surface area contributed by atoms with Gasteiger partial charge in [-0.2, -0.15) is 0 Å². The molecule has 0 aromatic heterocycles. The molecule has 0 unspecified atom stereocenters. The first-order chi connectivity index (χ1) is 9.47. The summed E-state index contributed by atoms with van der Waals surface area (Å²) < 4.78 is 13.0. The van der Waals surface area contributed by atoms with E-state index in [1.54, 1.807) is 19.1 Å². The Morgan fingerprint density at radius 1 is 1.20 bits per heavy atom. The van der Waals surface area contributed by atoms with E-state index in [1.165, 1.54) is 18.2 Å². The van der Waals surface area contributed by atoms with Crippen molar-refractivity contribution in [1.82, 2.24) is 0 Å². The van der Waals surface area contributed by atoms with Gasteiger partial charge < -0.3 is 5.32 Å². The maximum Gasteiger partial charge on any atom is 0.292 e. The lowest BCUT2D eigenvalue weighted by Crippen LogP contribution is -2.04. The van der Waals surface area contributed by atoms with Crippen LogP contribution < -0.4 is 5.32 Å². The lowest BCUT2D eigenvalue weighted by Gasteiger charge is -2.10. The molecule has 4 nitrogen and oxygen atoms in total. The lowest BCUT2D eigenvalue weighted by atomic mass is 10.1. The highest BCUT2D eigenvalue weighted by Gasteiger charge is 2.13. The van der Waals surface area contributed by atoms with E-state index in [1.807, 2.05) is 13.0 Å². The highest BCUT2D eigenvalue weighted by atomic mass is 19.1. The molecule has 0 atom stereocenters. The number of benzene rings is 2. The summed E-state index contributed by atoms with van der Waals surface area (Å²) in [5, 5.41) is 14.0. The van der Waals surface area contributed by atoms with Crippen LogP contribution in [0.3, 0.4) is 0 Å². The molecule has 2 aromatic carbocycles. The van der Waals surface area contributed by atoms with E-state index in [2.05, 4.69) is 5.32 Å². The Labute approximate surface area is 116 Å². The number of aryl methyl sites for hydroxylation is 2. The summed E-state index contributed by atoms with van der Waals surface area (Å²) in [5.74, 6) is -0.285. The molecule has 0 radical (unpaired) electrons. The van der Waals surface area contributed by atoms with Crippen LogP contribution in [-0.2, 0) is 6.54 Å². The van der Waals surface area contributed by atoms with Crippen LogP contribution in [-0.4, -0.2) is 4.92 Å². The Morgan fingerprint density at radius 2 is 1.95 bits per heavy atom. The van der Waals surface area contributed by atoms with Crippen molar-refractivity contribution in [2.75, 3.05) is 5.32 Å². The Bertz CT molecular complexity index is 656. The van der Waals surface area contributed by atoms with Crippen molar-refractivity contribution in [1.29, 1.82) is 0 Å². The molecular formula is C15H15FN2O2. The van der Waals surface area contributed by atoms with E-state index in [0.717, 1.165) is 16.7 Å². The summed E-state index contributed by atoms with van der Waals surface area (Å²) >= 11 is 0. The predicted octanol–water partition coefficient (Wildman–Crippen LogP) is 3.96. The van der Waals surface area contributed by atoms with Gasteiger partial charge in [0.15, 0.2) is 0 Å². The second kappa shape index (κ2) is 5.69.